The molecule has 2 aromatic carbocycles. The lowest BCUT2D eigenvalue weighted by molar-refractivity contribution is -0.384. The number of benzene rings is 2. The number of non-ortho nitro benzene ring substituents is 1. The molecule has 0 saturated heterocycles. The zero-order valence-electron chi connectivity index (χ0n) is 10.9. The quantitative estimate of drug-likeness (QED) is 0.371. The van der Waals surface area contributed by atoms with Gasteiger partial charge in [-0.1, -0.05) is 24.3 Å². The predicted molar refractivity (Wildman–Crippen MR) is 73.6 cm³/mol. The molecule has 2 rings (SSSR count). The average molecular weight is 271 g/mol. The van der Waals surface area contributed by atoms with Crippen molar-refractivity contribution in [2.24, 2.45) is 0 Å². The standard InChI is InChI=1S/C15H13NO4/c1-11-3-2-4-14(9-11)20-15(17)10-12-5-7-13(8-6-12)16(18)19/h2-9H,10H2,1H3. The van der Waals surface area contributed by atoms with Gasteiger partial charge in [-0.25, -0.2) is 0 Å². The smallest absolute Gasteiger partial charge is 0.315 e. The molecule has 0 bridgehead atoms. The van der Waals surface area contributed by atoms with E-state index >= 15 is 0 Å². The number of nitrogens with zero attached hydrogens (tertiary/aromatic N) is 1. The van der Waals surface area contributed by atoms with Crippen molar-refractivity contribution < 1.29 is 14.5 Å². The second kappa shape index (κ2) is 5.97. The Balaban J connectivity index is 1.99. The molecule has 0 aliphatic carbocycles. The van der Waals surface area contributed by atoms with E-state index in [4.69, 9.17) is 4.74 Å². The Labute approximate surface area is 116 Å². The van der Waals surface area contributed by atoms with Gasteiger partial charge in [0.2, 0.25) is 0 Å². The second-order valence-electron chi connectivity index (χ2n) is 4.39. The zero-order valence-corrected chi connectivity index (χ0v) is 10.9. The predicted octanol–water partition coefficient (Wildman–Crippen LogP) is 3.05. The first-order chi connectivity index (χ1) is 9.54. The fourth-order valence-electron chi connectivity index (χ4n) is 1.75. The number of ether oxygens (including phenoxy) is 1. The van der Waals surface area contributed by atoms with Gasteiger partial charge >= 0.3 is 5.97 Å². The molecule has 0 amide bonds. The van der Waals surface area contributed by atoms with E-state index in [0.29, 0.717) is 11.3 Å². The van der Waals surface area contributed by atoms with Crippen LogP contribution in [0.15, 0.2) is 48.5 Å². The minimum Gasteiger partial charge on any atom is -0.426 e. The highest BCUT2D eigenvalue weighted by molar-refractivity contribution is 5.75. The van der Waals surface area contributed by atoms with Crippen LogP contribution >= 0.6 is 0 Å². The molecule has 0 spiro atoms. The SMILES string of the molecule is Cc1cccc(OC(=O)Cc2ccc([N+](=O)[O-])cc2)c1. The Morgan fingerprint density at radius 3 is 2.50 bits per heavy atom. The van der Waals surface area contributed by atoms with Crippen LogP contribution in [-0.4, -0.2) is 10.9 Å². The lowest BCUT2D eigenvalue weighted by atomic mass is 10.1. The first kappa shape index (κ1) is 13.7. The molecule has 0 aliphatic heterocycles. The molecule has 0 radical (unpaired) electrons. The molecule has 5 heteroatoms. The molecule has 0 unspecified atom stereocenters. The summed E-state index contributed by atoms with van der Waals surface area (Å²) < 4.78 is 5.20. The topological polar surface area (TPSA) is 69.4 Å². The van der Waals surface area contributed by atoms with Gasteiger partial charge in [0.05, 0.1) is 11.3 Å². The van der Waals surface area contributed by atoms with E-state index in [0.717, 1.165) is 5.56 Å². The van der Waals surface area contributed by atoms with Crippen molar-refractivity contribution in [1.29, 1.82) is 0 Å². The number of nitro groups is 1. The van der Waals surface area contributed by atoms with Crippen molar-refractivity contribution >= 4 is 11.7 Å². The third-order valence-corrected chi connectivity index (χ3v) is 2.72. The van der Waals surface area contributed by atoms with E-state index < -0.39 is 10.9 Å². The van der Waals surface area contributed by atoms with E-state index in [1.54, 1.807) is 24.3 Å². The minimum atomic E-state index is -0.477. The number of rotatable bonds is 4. The van der Waals surface area contributed by atoms with Gasteiger partial charge in [0.25, 0.3) is 5.69 Å². The van der Waals surface area contributed by atoms with Crippen molar-refractivity contribution in [1.82, 2.24) is 0 Å². The molecule has 0 aliphatic rings. The average Bonchev–Trinajstić information content (AvgIpc) is 2.39. The summed E-state index contributed by atoms with van der Waals surface area (Å²) in [5.74, 6) is 0.0985. The van der Waals surface area contributed by atoms with Gasteiger partial charge in [0.1, 0.15) is 5.75 Å². The lowest BCUT2D eigenvalue weighted by Gasteiger charge is -2.05. The molecule has 0 atom stereocenters. The number of esters is 1. The summed E-state index contributed by atoms with van der Waals surface area (Å²) in [6, 6.07) is 13.0. The molecular weight excluding hydrogens is 258 g/mol. The van der Waals surface area contributed by atoms with Crippen molar-refractivity contribution in [2.75, 3.05) is 0 Å². The van der Waals surface area contributed by atoms with Gasteiger partial charge in [-0.15, -0.1) is 0 Å². The van der Waals surface area contributed by atoms with E-state index in [1.807, 2.05) is 19.1 Å². The molecule has 0 saturated carbocycles. The summed E-state index contributed by atoms with van der Waals surface area (Å²) in [5.41, 5.74) is 1.68. The van der Waals surface area contributed by atoms with E-state index in [2.05, 4.69) is 0 Å². The maximum absolute atomic E-state index is 11.8. The number of nitro benzene ring substituents is 1. The first-order valence-electron chi connectivity index (χ1n) is 6.05. The maximum atomic E-state index is 11.8. The summed E-state index contributed by atoms with van der Waals surface area (Å²) in [5, 5.41) is 10.5. The van der Waals surface area contributed by atoms with Gasteiger partial charge in [0, 0.05) is 12.1 Å². The van der Waals surface area contributed by atoms with E-state index in [1.165, 1.54) is 12.1 Å². The number of hydrogen-bond donors (Lipinski definition) is 0. The highest BCUT2D eigenvalue weighted by atomic mass is 16.6. The van der Waals surface area contributed by atoms with Crippen LogP contribution in [0, 0.1) is 17.0 Å². The van der Waals surface area contributed by atoms with Gasteiger partial charge in [0.15, 0.2) is 0 Å². The monoisotopic (exact) mass is 271 g/mol. The number of carbonyl (C=O) groups is 1. The molecule has 0 heterocycles. The fraction of sp³-hybridized carbons (Fsp3) is 0.133. The van der Waals surface area contributed by atoms with Gasteiger partial charge < -0.3 is 4.74 Å². The van der Waals surface area contributed by atoms with Crippen LogP contribution in [0.1, 0.15) is 11.1 Å². The highest BCUT2D eigenvalue weighted by Gasteiger charge is 2.09. The van der Waals surface area contributed by atoms with Gasteiger partial charge in [-0.05, 0) is 30.2 Å². The third kappa shape index (κ3) is 3.65. The molecule has 0 fully saturated rings. The maximum Gasteiger partial charge on any atom is 0.315 e. The normalized spacial score (nSPS) is 10.1. The molecule has 20 heavy (non-hydrogen) atoms. The van der Waals surface area contributed by atoms with Crippen molar-refractivity contribution in [2.45, 2.75) is 13.3 Å². The number of carbonyl (C=O) groups excluding carboxylic acids is 1. The van der Waals surface area contributed by atoms with E-state index in [9.17, 15) is 14.9 Å². The highest BCUT2D eigenvalue weighted by Crippen LogP contribution is 2.15. The summed E-state index contributed by atoms with van der Waals surface area (Å²) in [7, 11) is 0. The molecule has 102 valence electrons. The summed E-state index contributed by atoms with van der Waals surface area (Å²) in [4.78, 5) is 21.8. The summed E-state index contributed by atoms with van der Waals surface area (Å²) in [6.07, 6.45) is 0.0753. The van der Waals surface area contributed by atoms with Crippen molar-refractivity contribution in [3.8, 4) is 5.75 Å². The van der Waals surface area contributed by atoms with Crippen LogP contribution in [-0.2, 0) is 11.2 Å². The van der Waals surface area contributed by atoms with Crippen LogP contribution in [0.5, 0.6) is 5.75 Å². The van der Waals surface area contributed by atoms with Crippen LogP contribution in [0.3, 0.4) is 0 Å². The number of hydrogen-bond acceptors (Lipinski definition) is 4. The molecule has 0 aromatic heterocycles. The largest absolute Gasteiger partial charge is 0.426 e. The molecular formula is C15H13NO4. The Morgan fingerprint density at radius 2 is 1.90 bits per heavy atom. The van der Waals surface area contributed by atoms with Gasteiger partial charge in [-0.3, -0.25) is 14.9 Å². The minimum absolute atomic E-state index is 0.000742. The Kier molecular flexibility index (Phi) is 4.10. The molecule has 5 nitrogen and oxygen atoms in total. The van der Waals surface area contributed by atoms with Crippen LogP contribution < -0.4 is 4.74 Å². The second-order valence-corrected chi connectivity index (χ2v) is 4.39. The summed E-state index contributed by atoms with van der Waals surface area (Å²) >= 11 is 0. The Hall–Kier alpha value is -2.69. The van der Waals surface area contributed by atoms with E-state index in [-0.39, 0.29) is 12.1 Å². The Bertz CT molecular complexity index is 635. The molecule has 2 aromatic rings. The zero-order chi connectivity index (χ0) is 14.5. The van der Waals surface area contributed by atoms with Crippen LogP contribution in [0.2, 0.25) is 0 Å². The van der Waals surface area contributed by atoms with Crippen LogP contribution in [0.25, 0.3) is 0 Å². The Morgan fingerprint density at radius 1 is 1.20 bits per heavy atom. The number of aryl methyl sites for hydroxylation is 1. The summed E-state index contributed by atoms with van der Waals surface area (Å²) in [6.45, 7) is 1.91. The fourth-order valence-corrected chi connectivity index (χ4v) is 1.75. The van der Waals surface area contributed by atoms with Gasteiger partial charge in [-0.2, -0.15) is 0 Å². The lowest BCUT2D eigenvalue weighted by Crippen LogP contribution is -2.11. The third-order valence-electron chi connectivity index (χ3n) is 2.72. The first-order valence-corrected chi connectivity index (χ1v) is 6.05. The van der Waals surface area contributed by atoms with Crippen molar-refractivity contribution in [3.63, 3.8) is 0 Å². The molecule has 0 N–H and O–H groups in total. The van der Waals surface area contributed by atoms with Crippen LogP contribution in [0.4, 0.5) is 5.69 Å². The van der Waals surface area contributed by atoms with Crippen molar-refractivity contribution in [3.05, 3.63) is 69.8 Å².